The molecule has 1 saturated heterocycles. The van der Waals surface area contributed by atoms with Crippen LogP contribution in [-0.4, -0.2) is 56.5 Å². The molecule has 0 amide bonds. The lowest BCUT2D eigenvalue weighted by Gasteiger charge is -2.31. The zero-order valence-electron chi connectivity index (χ0n) is 19.2. The van der Waals surface area contributed by atoms with Crippen LogP contribution in [0.5, 0.6) is 0 Å². The van der Waals surface area contributed by atoms with E-state index in [-0.39, 0.29) is 30.5 Å². The SMILES string of the molecule is Cn1cnc(S(=O)(=O)N2CCOC(c3cccc(Nc4ncc(-c5ccc(F)cc5)n4C)n3)C2)c1. The molecule has 10 nitrogen and oxygen atoms in total. The summed E-state index contributed by atoms with van der Waals surface area (Å²) in [4.78, 5) is 13.1. The van der Waals surface area contributed by atoms with Crippen LogP contribution in [-0.2, 0) is 28.9 Å². The molecule has 5 rings (SSSR count). The number of pyridine rings is 1. The molecule has 3 aromatic heterocycles. The van der Waals surface area contributed by atoms with Gasteiger partial charge in [0.25, 0.3) is 10.0 Å². The van der Waals surface area contributed by atoms with Gasteiger partial charge in [0.15, 0.2) is 5.03 Å². The summed E-state index contributed by atoms with van der Waals surface area (Å²) in [5.41, 5.74) is 2.25. The van der Waals surface area contributed by atoms with Crippen molar-refractivity contribution in [2.24, 2.45) is 14.1 Å². The summed E-state index contributed by atoms with van der Waals surface area (Å²) in [7, 11) is -0.159. The molecule has 0 spiro atoms. The van der Waals surface area contributed by atoms with Gasteiger partial charge in [0.2, 0.25) is 5.95 Å². The second-order valence-electron chi connectivity index (χ2n) is 8.21. The van der Waals surface area contributed by atoms with E-state index < -0.39 is 16.1 Å². The van der Waals surface area contributed by atoms with Crippen molar-refractivity contribution >= 4 is 21.8 Å². The van der Waals surface area contributed by atoms with Crippen LogP contribution in [0.4, 0.5) is 16.2 Å². The molecular weight excluding hydrogens is 473 g/mol. The molecular formula is C23H24FN7O3S. The topological polar surface area (TPSA) is 107 Å². The van der Waals surface area contributed by atoms with Gasteiger partial charge in [0.1, 0.15) is 17.7 Å². The monoisotopic (exact) mass is 497 g/mol. The Bertz CT molecular complexity index is 1450. The number of nitrogens with zero attached hydrogens (tertiary/aromatic N) is 6. The highest BCUT2D eigenvalue weighted by atomic mass is 32.2. The van der Waals surface area contributed by atoms with Crippen LogP contribution in [0.25, 0.3) is 11.3 Å². The highest BCUT2D eigenvalue weighted by molar-refractivity contribution is 7.89. The molecule has 1 aliphatic rings. The lowest BCUT2D eigenvalue weighted by molar-refractivity contribution is -0.00492. The van der Waals surface area contributed by atoms with E-state index in [4.69, 9.17) is 4.74 Å². The number of nitrogens with one attached hydrogen (secondary N) is 1. The highest BCUT2D eigenvalue weighted by Gasteiger charge is 2.33. The zero-order chi connectivity index (χ0) is 24.6. The van der Waals surface area contributed by atoms with Crippen molar-refractivity contribution in [2.45, 2.75) is 11.1 Å². The average molecular weight is 498 g/mol. The van der Waals surface area contributed by atoms with E-state index in [1.165, 1.54) is 29.0 Å². The summed E-state index contributed by atoms with van der Waals surface area (Å²) in [6, 6.07) is 11.6. The number of aryl methyl sites for hydroxylation is 1. The molecule has 0 saturated carbocycles. The van der Waals surface area contributed by atoms with Gasteiger partial charge in [-0.3, -0.25) is 0 Å². The van der Waals surface area contributed by atoms with Crippen molar-refractivity contribution in [3.63, 3.8) is 0 Å². The average Bonchev–Trinajstić information content (AvgIpc) is 3.46. The normalized spacial score (nSPS) is 16.9. The molecule has 1 aliphatic heterocycles. The number of ether oxygens (including phenoxy) is 1. The van der Waals surface area contributed by atoms with Crippen molar-refractivity contribution in [1.82, 2.24) is 28.4 Å². The van der Waals surface area contributed by atoms with E-state index in [1.807, 2.05) is 17.7 Å². The number of morpholine rings is 1. The zero-order valence-corrected chi connectivity index (χ0v) is 20.0. The van der Waals surface area contributed by atoms with E-state index in [0.29, 0.717) is 17.5 Å². The number of imidazole rings is 2. The van der Waals surface area contributed by atoms with E-state index in [9.17, 15) is 12.8 Å². The Balaban J connectivity index is 1.33. The predicted molar refractivity (Wildman–Crippen MR) is 127 cm³/mol. The van der Waals surface area contributed by atoms with Crippen molar-refractivity contribution in [1.29, 1.82) is 0 Å². The van der Waals surface area contributed by atoms with Crippen molar-refractivity contribution in [3.05, 3.63) is 72.7 Å². The van der Waals surface area contributed by atoms with Gasteiger partial charge in [0, 0.05) is 38.9 Å². The van der Waals surface area contributed by atoms with Crippen LogP contribution in [0, 0.1) is 5.82 Å². The molecule has 1 fully saturated rings. The van der Waals surface area contributed by atoms with Crippen molar-refractivity contribution in [2.75, 3.05) is 25.0 Å². The first-order valence-corrected chi connectivity index (χ1v) is 12.4. The van der Waals surface area contributed by atoms with Crippen LogP contribution >= 0.6 is 0 Å². The minimum Gasteiger partial charge on any atom is -0.369 e. The lowest BCUT2D eigenvalue weighted by Crippen LogP contribution is -2.42. The third-order valence-electron chi connectivity index (χ3n) is 5.78. The molecule has 35 heavy (non-hydrogen) atoms. The molecule has 1 aromatic carbocycles. The first kappa shape index (κ1) is 23.1. The molecule has 0 radical (unpaired) electrons. The Morgan fingerprint density at radius 2 is 1.91 bits per heavy atom. The Kier molecular flexibility index (Phi) is 6.09. The summed E-state index contributed by atoms with van der Waals surface area (Å²) in [5, 5.41) is 3.20. The third kappa shape index (κ3) is 4.67. The standard InChI is InChI=1S/C23H24FN7O3S/c1-29-14-22(26-15-29)35(32,33)31-10-11-34-20(13-31)18-4-3-5-21(27-18)28-23-25-12-19(30(23)2)16-6-8-17(24)9-7-16/h3-9,12,14-15,20H,10-11,13H2,1-2H3,(H,25,27,28). The Hall–Kier alpha value is -3.61. The number of rotatable bonds is 6. The van der Waals surface area contributed by atoms with Gasteiger partial charge in [-0.15, -0.1) is 0 Å². The number of benzene rings is 1. The molecule has 4 aromatic rings. The fourth-order valence-electron chi connectivity index (χ4n) is 3.91. The van der Waals surface area contributed by atoms with Crippen LogP contribution in [0.3, 0.4) is 0 Å². The molecule has 0 bridgehead atoms. The smallest absolute Gasteiger partial charge is 0.262 e. The number of anilines is 2. The summed E-state index contributed by atoms with van der Waals surface area (Å²) in [6.07, 6.45) is 4.11. The number of aromatic nitrogens is 5. The maximum Gasteiger partial charge on any atom is 0.262 e. The van der Waals surface area contributed by atoms with Gasteiger partial charge in [-0.2, -0.15) is 4.31 Å². The van der Waals surface area contributed by atoms with Gasteiger partial charge in [0.05, 0.1) is 30.5 Å². The first-order chi connectivity index (χ1) is 16.8. The molecule has 12 heteroatoms. The molecule has 1 atom stereocenters. The molecule has 1 unspecified atom stereocenters. The maximum atomic E-state index is 13.3. The van der Waals surface area contributed by atoms with Gasteiger partial charge in [-0.25, -0.2) is 27.8 Å². The molecule has 0 aliphatic carbocycles. The number of hydrogen-bond donors (Lipinski definition) is 1. The fourth-order valence-corrected chi connectivity index (χ4v) is 5.30. The third-order valence-corrected chi connectivity index (χ3v) is 7.53. The van der Waals surface area contributed by atoms with Gasteiger partial charge in [-0.1, -0.05) is 6.07 Å². The van der Waals surface area contributed by atoms with E-state index in [0.717, 1.165) is 11.3 Å². The molecule has 182 valence electrons. The first-order valence-electron chi connectivity index (χ1n) is 10.9. The lowest BCUT2D eigenvalue weighted by atomic mass is 10.2. The maximum absolute atomic E-state index is 13.3. The van der Waals surface area contributed by atoms with Crippen LogP contribution < -0.4 is 5.32 Å². The van der Waals surface area contributed by atoms with Gasteiger partial charge in [-0.05, 0) is 36.4 Å². The predicted octanol–water partition coefficient (Wildman–Crippen LogP) is 2.86. The summed E-state index contributed by atoms with van der Waals surface area (Å²) < 4.78 is 49.9. The molecule has 1 N–H and O–H groups in total. The van der Waals surface area contributed by atoms with Crippen LogP contribution in [0.2, 0.25) is 0 Å². The van der Waals surface area contributed by atoms with E-state index in [1.54, 1.807) is 42.1 Å². The molecule has 4 heterocycles. The summed E-state index contributed by atoms with van der Waals surface area (Å²) in [5.74, 6) is 0.791. The number of halogens is 1. The fraction of sp³-hybridized carbons (Fsp3) is 0.261. The van der Waals surface area contributed by atoms with Crippen LogP contribution in [0.1, 0.15) is 11.8 Å². The van der Waals surface area contributed by atoms with Gasteiger partial charge >= 0.3 is 0 Å². The van der Waals surface area contributed by atoms with Crippen LogP contribution in [0.15, 0.2) is 66.2 Å². The van der Waals surface area contributed by atoms with Gasteiger partial charge < -0.3 is 19.2 Å². The summed E-state index contributed by atoms with van der Waals surface area (Å²) in [6.45, 7) is 0.621. The minimum absolute atomic E-state index is 0.00997. The second kappa shape index (κ2) is 9.21. The van der Waals surface area contributed by atoms with E-state index >= 15 is 0 Å². The quantitative estimate of drug-likeness (QED) is 0.437. The number of hydrogen-bond acceptors (Lipinski definition) is 7. The largest absolute Gasteiger partial charge is 0.369 e. The number of sulfonamides is 1. The minimum atomic E-state index is -3.73. The van der Waals surface area contributed by atoms with Crippen molar-refractivity contribution < 1.29 is 17.5 Å². The van der Waals surface area contributed by atoms with Crippen molar-refractivity contribution in [3.8, 4) is 11.3 Å². The Morgan fingerprint density at radius 1 is 1.11 bits per heavy atom. The Labute approximate surface area is 202 Å². The summed E-state index contributed by atoms with van der Waals surface area (Å²) >= 11 is 0. The highest BCUT2D eigenvalue weighted by Crippen LogP contribution is 2.27. The van der Waals surface area contributed by atoms with E-state index in [2.05, 4.69) is 20.3 Å². The second-order valence-corrected chi connectivity index (χ2v) is 10.1. The Morgan fingerprint density at radius 3 is 2.66 bits per heavy atom.